The molecule has 1 unspecified atom stereocenters. The van der Waals surface area contributed by atoms with Crippen molar-refractivity contribution in [2.75, 3.05) is 0 Å². The average molecular weight is 419 g/mol. The first-order chi connectivity index (χ1) is 15.6. The van der Waals surface area contributed by atoms with E-state index < -0.39 is 17.5 Å². The van der Waals surface area contributed by atoms with Crippen molar-refractivity contribution < 1.29 is 9.21 Å². The normalized spacial score (nSPS) is 16.4. The monoisotopic (exact) mass is 419 g/mol. The largest absolute Gasteiger partial charge is 0.422 e. The molecule has 6 heteroatoms. The third-order valence-electron chi connectivity index (χ3n) is 5.52. The van der Waals surface area contributed by atoms with Gasteiger partial charge in [-0.25, -0.2) is 4.79 Å². The van der Waals surface area contributed by atoms with Gasteiger partial charge in [-0.3, -0.25) is 4.79 Å². The van der Waals surface area contributed by atoms with Crippen LogP contribution in [0.4, 0.5) is 0 Å². The van der Waals surface area contributed by atoms with Crippen LogP contribution in [0.25, 0.3) is 27.4 Å². The van der Waals surface area contributed by atoms with Crippen molar-refractivity contribution in [2.24, 2.45) is 11.0 Å². The molecule has 0 radical (unpaired) electrons. The van der Waals surface area contributed by atoms with Gasteiger partial charge in [-0.1, -0.05) is 60.7 Å². The van der Waals surface area contributed by atoms with Crippen LogP contribution in [0.3, 0.4) is 0 Å². The maximum absolute atomic E-state index is 12.8. The number of amides is 1. The van der Waals surface area contributed by atoms with Crippen LogP contribution in [0.5, 0.6) is 0 Å². The standard InChI is InChI=1S/C26H17N3O3/c1-16(28-29-23(13-19(15-27)25(29)30)18-8-3-2-4-9-18)21-14-22-20-10-6-5-7-17(20)11-12-24(22)32-26(21)31/h2-14,19H,1H3/b28-16+. The summed E-state index contributed by atoms with van der Waals surface area (Å²) in [6, 6.07) is 24.5. The molecule has 1 aliphatic heterocycles. The van der Waals surface area contributed by atoms with Crippen LogP contribution in [-0.4, -0.2) is 16.6 Å². The van der Waals surface area contributed by atoms with Crippen LogP contribution in [0.15, 0.2) is 93.2 Å². The summed E-state index contributed by atoms with van der Waals surface area (Å²) in [5.74, 6) is -1.39. The number of rotatable bonds is 3. The fourth-order valence-electron chi connectivity index (χ4n) is 3.90. The SMILES string of the molecule is C/C(=N\N1C(=O)C(C#N)C=C1c1ccccc1)c1cc2c(ccc3ccccc32)oc1=O. The van der Waals surface area contributed by atoms with Crippen molar-refractivity contribution in [2.45, 2.75) is 6.92 Å². The molecule has 0 aliphatic carbocycles. The first-order valence-corrected chi connectivity index (χ1v) is 10.1. The van der Waals surface area contributed by atoms with Gasteiger partial charge in [0.1, 0.15) is 11.5 Å². The Bertz CT molecular complexity index is 1540. The van der Waals surface area contributed by atoms with Gasteiger partial charge in [-0.05, 0) is 35.9 Å². The summed E-state index contributed by atoms with van der Waals surface area (Å²) in [6.45, 7) is 1.65. The molecule has 0 saturated heterocycles. The van der Waals surface area contributed by atoms with E-state index in [1.165, 1.54) is 5.01 Å². The summed E-state index contributed by atoms with van der Waals surface area (Å²) in [6.07, 6.45) is 1.59. The summed E-state index contributed by atoms with van der Waals surface area (Å²) in [5.41, 5.74) is 1.79. The Kier molecular flexibility index (Phi) is 4.65. The Morgan fingerprint density at radius 1 is 1.00 bits per heavy atom. The van der Waals surface area contributed by atoms with Crippen molar-refractivity contribution >= 4 is 39.1 Å². The number of nitrogens with zero attached hydrogens (tertiary/aromatic N) is 3. The Balaban J connectivity index is 1.64. The highest BCUT2D eigenvalue weighted by atomic mass is 16.4. The minimum Gasteiger partial charge on any atom is -0.422 e. The van der Waals surface area contributed by atoms with Crippen LogP contribution in [0.2, 0.25) is 0 Å². The van der Waals surface area contributed by atoms with E-state index in [9.17, 15) is 14.9 Å². The molecule has 0 saturated carbocycles. The summed E-state index contributed by atoms with van der Waals surface area (Å²) >= 11 is 0. The van der Waals surface area contributed by atoms with Gasteiger partial charge in [0.2, 0.25) is 0 Å². The van der Waals surface area contributed by atoms with Crippen molar-refractivity contribution in [3.63, 3.8) is 0 Å². The zero-order chi connectivity index (χ0) is 22.2. The van der Waals surface area contributed by atoms with Crippen LogP contribution >= 0.6 is 0 Å². The number of hydrogen-bond donors (Lipinski definition) is 0. The first kappa shape index (κ1) is 19.5. The third-order valence-corrected chi connectivity index (χ3v) is 5.52. The number of carbonyl (C=O) groups excluding carboxylic acids is 1. The predicted molar refractivity (Wildman–Crippen MR) is 123 cm³/mol. The predicted octanol–water partition coefficient (Wildman–Crippen LogP) is 4.69. The molecular weight excluding hydrogens is 402 g/mol. The Hall–Kier alpha value is -4.50. The van der Waals surface area contributed by atoms with Gasteiger partial charge in [-0.15, -0.1) is 0 Å². The van der Waals surface area contributed by atoms with Gasteiger partial charge < -0.3 is 4.42 Å². The Morgan fingerprint density at radius 2 is 1.75 bits per heavy atom. The van der Waals surface area contributed by atoms with Gasteiger partial charge in [0.05, 0.1) is 23.0 Å². The second-order valence-corrected chi connectivity index (χ2v) is 7.51. The van der Waals surface area contributed by atoms with E-state index in [0.29, 0.717) is 17.0 Å². The van der Waals surface area contributed by atoms with E-state index >= 15 is 0 Å². The lowest BCUT2D eigenvalue weighted by atomic mass is 10.0. The zero-order valence-electron chi connectivity index (χ0n) is 17.1. The first-order valence-electron chi connectivity index (χ1n) is 10.1. The lowest BCUT2D eigenvalue weighted by Gasteiger charge is -2.16. The molecule has 0 spiro atoms. The molecule has 2 heterocycles. The molecule has 6 nitrogen and oxygen atoms in total. The topological polar surface area (TPSA) is 86.7 Å². The molecule has 1 atom stereocenters. The molecule has 0 fully saturated rings. The highest BCUT2D eigenvalue weighted by molar-refractivity contribution is 6.09. The molecule has 1 aromatic heterocycles. The molecule has 4 aromatic rings. The second kappa shape index (κ2) is 7.64. The molecule has 3 aromatic carbocycles. The van der Waals surface area contributed by atoms with E-state index in [2.05, 4.69) is 5.10 Å². The minimum atomic E-state index is -0.932. The lowest BCUT2D eigenvalue weighted by molar-refractivity contribution is -0.128. The lowest BCUT2D eigenvalue weighted by Crippen LogP contribution is -2.25. The second-order valence-electron chi connectivity index (χ2n) is 7.51. The smallest absolute Gasteiger partial charge is 0.345 e. The van der Waals surface area contributed by atoms with E-state index in [4.69, 9.17) is 4.42 Å². The van der Waals surface area contributed by atoms with Gasteiger partial charge in [0.15, 0.2) is 0 Å². The zero-order valence-corrected chi connectivity index (χ0v) is 17.1. The van der Waals surface area contributed by atoms with Gasteiger partial charge in [-0.2, -0.15) is 15.4 Å². The van der Waals surface area contributed by atoms with Crippen LogP contribution < -0.4 is 5.63 Å². The van der Waals surface area contributed by atoms with E-state index in [-0.39, 0.29) is 5.56 Å². The highest BCUT2D eigenvalue weighted by Crippen LogP contribution is 2.31. The van der Waals surface area contributed by atoms with E-state index in [1.54, 1.807) is 25.1 Å². The van der Waals surface area contributed by atoms with Crippen LogP contribution in [-0.2, 0) is 4.79 Å². The summed E-state index contributed by atoms with van der Waals surface area (Å²) in [4.78, 5) is 25.5. The number of hydrogen-bond acceptors (Lipinski definition) is 5. The van der Waals surface area contributed by atoms with Crippen molar-refractivity contribution in [3.05, 3.63) is 100 Å². The summed E-state index contributed by atoms with van der Waals surface area (Å²) in [7, 11) is 0. The molecule has 0 N–H and O–H groups in total. The molecule has 1 amide bonds. The minimum absolute atomic E-state index is 0.259. The van der Waals surface area contributed by atoms with Gasteiger partial charge in [0, 0.05) is 10.9 Å². The van der Waals surface area contributed by atoms with Crippen molar-refractivity contribution in [1.29, 1.82) is 5.26 Å². The summed E-state index contributed by atoms with van der Waals surface area (Å²) in [5, 5.41) is 17.8. The quantitative estimate of drug-likeness (QED) is 0.274. The fraction of sp³-hybridized carbons (Fsp3) is 0.0769. The van der Waals surface area contributed by atoms with E-state index in [1.807, 2.05) is 66.7 Å². The Labute approximate surface area is 183 Å². The van der Waals surface area contributed by atoms with Crippen molar-refractivity contribution in [1.82, 2.24) is 5.01 Å². The highest BCUT2D eigenvalue weighted by Gasteiger charge is 2.34. The maximum atomic E-state index is 12.8. The van der Waals surface area contributed by atoms with E-state index in [0.717, 1.165) is 21.7 Å². The number of fused-ring (bicyclic) bond motifs is 3. The molecule has 0 bridgehead atoms. The molecule has 154 valence electrons. The molecule has 1 aliphatic rings. The van der Waals surface area contributed by atoms with Gasteiger partial charge in [0.25, 0.3) is 5.91 Å². The number of benzene rings is 3. The fourth-order valence-corrected chi connectivity index (χ4v) is 3.90. The number of nitriles is 1. The molecule has 5 rings (SSSR count). The number of carbonyl (C=O) groups is 1. The molecular formula is C26H17N3O3. The van der Waals surface area contributed by atoms with Gasteiger partial charge >= 0.3 is 5.63 Å². The van der Waals surface area contributed by atoms with Crippen LogP contribution in [0, 0.1) is 17.2 Å². The average Bonchev–Trinajstić information content (AvgIpc) is 3.14. The number of hydrazone groups is 1. The summed E-state index contributed by atoms with van der Waals surface area (Å²) < 4.78 is 5.56. The third kappa shape index (κ3) is 3.17. The Morgan fingerprint density at radius 3 is 2.53 bits per heavy atom. The maximum Gasteiger partial charge on any atom is 0.345 e. The van der Waals surface area contributed by atoms with Crippen LogP contribution in [0.1, 0.15) is 18.1 Å². The van der Waals surface area contributed by atoms with Crippen molar-refractivity contribution in [3.8, 4) is 6.07 Å². The molecule has 32 heavy (non-hydrogen) atoms.